The van der Waals surface area contributed by atoms with Gasteiger partial charge in [-0.05, 0) is 6.07 Å². The molecule has 2 aromatic heterocycles. The quantitative estimate of drug-likeness (QED) is 0.696. The van der Waals surface area contributed by atoms with E-state index >= 15 is 0 Å². The largest absolute Gasteiger partial charge is 0.381 e. The van der Waals surface area contributed by atoms with E-state index in [0.29, 0.717) is 11.5 Å². The fourth-order valence-corrected chi connectivity index (χ4v) is 1.46. The van der Waals surface area contributed by atoms with Crippen LogP contribution < -0.4 is 5.73 Å². The lowest BCUT2D eigenvalue weighted by Gasteiger charge is -1.96. The summed E-state index contributed by atoms with van der Waals surface area (Å²) in [6.45, 7) is 0. The summed E-state index contributed by atoms with van der Waals surface area (Å²) in [5.74, 6) is 0.462. The van der Waals surface area contributed by atoms with Crippen LogP contribution in [0.15, 0.2) is 12.3 Å². The summed E-state index contributed by atoms with van der Waals surface area (Å²) in [7, 11) is 1.84. The van der Waals surface area contributed by atoms with Crippen molar-refractivity contribution < 1.29 is 0 Å². The Kier molecular flexibility index (Phi) is 1.54. The van der Waals surface area contributed by atoms with Gasteiger partial charge in [0.2, 0.25) is 0 Å². The summed E-state index contributed by atoms with van der Waals surface area (Å²) in [6, 6.07) is 1.85. The minimum Gasteiger partial charge on any atom is -0.381 e. The molecule has 62 valence electrons. The van der Waals surface area contributed by atoms with Crippen LogP contribution in [0.2, 0.25) is 0 Å². The first-order chi connectivity index (χ1) is 5.79. The molecular formula is C6H7N5S. The van der Waals surface area contributed by atoms with Gasteiger partial charge in [0.25, 0.3) is 0 Å². The summed E-state index contributed by atoms with van der Waals surface area (Å²) in [5, 5.41) is 4.01. The highest BCUT2D eigenvalue weighted by Gasteiger charge is 2.09. The second-order valence-corrected chi connectivity index (χ2v) is 2.87. The Labute approximate surface area is 73.2 Å². The van der Waals surface area contributed by atoms with Crippen molar-refractivity contribution in [1.29, 1.82) is 0 Å². The van der Waals surface area contributed by atoms with E-state index < -0.39 is 0 Å². The first-order valence-corrected chi connectivity index (χ1v) is 4.08. The Hall–Kier alpha value is -1.43. The Balaban J connectivity index is 2.57. The molecule has 0 amide bonds. The maximum atomic E-state index is 5.60. The van der Waals surface area contributed by atoms with Crippen LogP contribution in [0.4, 0.5) is 5.82 Å². The van der Waals surface area contributed by atoms with E-state index in [-0.39, 0.29) is 0 Å². The van der Waals surface area contributed by atoms with Crippen LogP contribution in [0.5, 0.6) is 0 Å². The van der Waals surface area contributed by atoms with E-state index in [9.17, 15) is 0 Å². The smallest absolute Gasteiger partial charge is 0.167 e. The molecule has 2 aromatic rings. The zero-order valence-electron chi connectivity index (χ0n) is 6.43. The summed E-state index contributed by atoms with van der Waals surface area (Å²) in [4.78, 5) is 0. The zero-order valence-corrected chi connectivity index (χ0v) is 7.25. The number of hydrogen-bond donors (Lipinski definition) is 1. The number of aromatic nitrogens is 4. The van der Waals surface area contributed by atoms with E-state index in [2.05, 4.69) is 13.8 Å². The third kappa shape index (κ3) is 0.964. The van der Waals surface area contributed by atoms with Crippen LogP contribution in [-0.2, 0) is 7.05 Å². The van der Waals surface area contributed by atoms with Gasteiger partial charge in [-0.25, -0.2) is 0 Å². The Morgan fingerprint density at radius 1 is 1.50 bits per heavy atom. The number of nitrogens with two attached hydrogens (primary N) is 1. The van der Waals surface area contributed by atoms with Crippen LogP contribution >= 0.6 is 11.7 Å². The zero-order chi connectivity index (χ0) is 8.55. The van der Waals surface area contributed by atoms with Crippen LogP contribution in [0.1, 0.15) is 0 Å². The topological polar surface area (TPSA) is 69.6 Å². The minimum absolute atomic E-state index is 0.462. The number of nitrogen functional groups attached to an aromatic ring is 1. The Morgan fingerprint density at radius 3 is 2.83 bits per heavy atom. The summed E-state index contributed by atoms with van der Waals surface area (Å²) < 4.78 is 9.66. The maximum absolute atomic E-state index is 5.60. The highest BCUT2D eigenvalue weighted by Crippen LogP contribution is 2.21. The molecule has 0 aliphatic carbocycles. The molecule has 5 nitrogen and oxygen atoms in total. The molecule has 0 unspecified atom stereocenters. The summed E-state index contributed by atoms with van der Waals surface area (Å²) >= 11 is 1.11. The van der Waals surface area contributed by atoms with Gasteiger partial charge in [0.15, 0.2) is 5.82 Å². The fraction of sp³-hybridized carbons (Fsp3) is 0.167. The molecule has 6 heteroatoms. The minimum atomic E-state index is 0.462. The third-order valence-corrected chi connectivity index (χ3v) is 2.12. The van der Waals surface area contributed by atoms with Gasteiger partial charge in [0.05, 0.1) is 17.4 Å². The highest BCUT2D eigenvalue weighted by molar-refractivity contribution is 6.99. The third-order valence-electron chi connectivity index (χ3n) is 1.58. The number of anilines is 1. The number of rotatable bonds is 1. The van der Waals surface area contributed by atoms with Crippen LogP contribution in [-0.4, -0.2) is 18.5 Å². The van der Waals surface area contributed by atoms with E-state index in [1.54, 1.807) is 10.9 Å². The highest BCUT2D eigenvalue weighted by atomic mass is 32.1. The predicted molar refractivity (Wildman–Crippen MR) is 46.5 cm³/mol. The average Bonchev–Trinajstić information content (AvgIpc) is 2.59. The normalized spacial score (nSPS) is 10.4. The molecule has 0 fully saturated rings. The molecule has 12 heavy (non-hydrogen) atoms. The van der Waals surface area contributed by atoms with Gasteiger partial charge in [-0.1, -0.05) is 0 Å². The van der Waals surface area contributed by atoms with Gasteiger partial charge in [-0.3, -0.25) is 4.68 Å². The molecule has 0 bridgehead atoms. The SMILES string of the molecule is Cn1nccc1-c1nsnc1N. The van der Waals surface area contributed by atoms with Gasteiger partial charge < -0.3 is 5.73 Å². The maximum Gasteiger partial charge on any atom is 0.167 e. The molecule has 0 saturated heterocycles. The average molecular weight is 181 g/mol. The molecule has 0 saturated carbocycles. The molecular weight excluding hydrogens is 174 g/mol. The van der Waals surface area contributed by atoms with Crippen molar-refractivity contribution in [2.75, 3.05) is 5.73 Å². The number of aryl methyl sites for hydroxylation is 1. The van der Waals surface area contributed by atoms with Gasteiger partial charge in [-0.2, -0.15) is 13.8 Å². The molecule has 0 spiro atoms. The van der Waals surface area contributed by atoms with Gasteiger partial charge in [0.1, 0.15) is 5.69 Å². The second-order valence-electron chi connectivity index (χ2n) is 2.34. The van der Waals surface area contributed by atoms with E-state index in [1.165, 1.54) is 0 Å². The predicted octanol–water partition coefficient (Wildman–Crippen LogP) is 0.521. The van der Waals surface area contributed by atoms with Crippen molar-refractivity contribution in [3.05, 3.63) is 12.3 Å². The summed E-state index contributed by atoms with van der Waals surface area (Å²) in [5.41, 5.74) is 7.19. The Bertz CT molecular complexity index is 352. The lowest BCUT2D eigenvalue weighted by atomic mass is 10.3. The molecule has 0 aliphatic rings. The Morgan fingerprint density at radius 2 is 2.33 bits per heavy atom. The first kappa shape index (κ1) is 7.23. The fourth-order valence-electron chi connectivity index (χ4n) is 0.979. The van der Waals surface area contributed by atoms with Crippen LogP contribution in [0, 0.1) is 0 Å². The first-order valence-electron chi connectivity index (χ1n) is 3.35. The van der Waals surface area contributed by atoms with Crippen molar-refractivity contribution in [2.45, 2.75) is 0 Å². The standard InChI is InChI=1S/C6H7N5S/c1-11-4(2-3-8-11)5-6(7)10-12-9-5/h2-3H,1H3,(H2,7,10). The van der Waals surface area contributed by atoms with Crippen molar-refractivity contribution >= 4 is 17.5 Å². The number of nitrogens with zero attached hydrogens (tertiary/aromatic N) is 4. The number of hydrogen-bond acceptors (Lipinski definition) is 5. The van der Waals surface area contributed by atoms with E-state index in [1.807, 2.05) is 13.1 Å². The molecule has 2 N–H and O–H groups in total. The van der Waals surface area contributed by atoms with Crippen LogP contribution in [0.3, 0.4) is 0 Å². The van der Waals surface area contributed by atoms with E-state index in [0.717, 1.165) is 17.4 Å². The molecule has 0 aliphatic heterocycles. The van der Waals surface area contributed by atoms with Crippen molar-refractivity contribution in [1.82, 2.24) is 18.5 Å². The lowest BCUT2D eigenvalue weighted by Crippen LogP contribution is -1.96. The summed E-state index contributed by atoms with van der Waals surface area (Å²) in [6.07, 6.45) is 1.70. The van der Waals surface area contributed by atoms with E-state index in [4.69, 9.17) is 5.73 Å². The second kappa shape index (κ2) is 2.56. The van der Waals surface area contributed by atoms with Gasteiger partial charge in [-0.15, -0.1) is 0 Å². The molecule has 0 atom stereocenters. The van der Waals surface area contributed by atoms with Crippen molar-refractivity contribution in [3.8, 4) is 11.4 Å². The van der Waals surface area contributed by atoms with Crippen molar-refractivity contribution in [2.24, 2.45) is 7.05 Å². The monoisotopic (exact) mass is 181 g/mol. The molecule has 2 heterocycles. The van der Waals surface area contributed by atoms with Gasteiger partial charge in [0, 0.05) is 13.2 Å². The molecule has 2 rings (SSSR count). The molecule has 0 aromatic carbocycles. The van der Waals surface area contributed by atoms with Crippen LogP contribution in [0.25, 0.3) is 11.4 Å². The van der Waals surface area contributed by atoms with Gasteiger partial charge >= 0.3 is 0 Å². The lowest BCUT2D eigenvalue weighted by molar-refractivity contribution is 0.774. The van der Waals surface area contributed by atoms with Crippen molar-refractivity contribution in [3.63, 3.8) is 0 Å². The molecule has 0 radical (unpaired) electrons.